The summed E-state index contributed by atoms with van der Waals surface area (Å²) in [5.74, 6) is 1.61. The lowest BCUT2D eigenvalue weighted by Gasteiger charge is -2.21. The van der Waals surface area contributed by atoms with E-state index in [-0.39, 0.29) is 0 Å². The van der Waals surface area contributed by atoms with Gasteiger partial charge in [0, 0.05) is 73.0 Å². The molecular formula is C30H28N8O2. The van der Waals surface area contributed by atoms with E-state index in [1.165, 1.54) is 6.33 Å². The van der Waals surface area contributed by atoms with Gasteiger partial charge in [0.25, 0.3) is 0 Å². The number of aryl methyl sites for hydroxylation is 1. The van der Waals surface area contributed by atoms with Gasteiger partial charge in [-0.3, -0.25) is 19.2 Å². The van der Waals surface area contributed by atoms with Gasteiger partial charge in [-0.15, -0.1) is 0 Å². The Labute approximate surface area is 230 Å². The van der Waals surface area contributed by atoms with Crippen LogP contribution in [0, 0.1) is 0 Å². The molecule has 6 aromatic rings. The zero-order chi connectivity index (χ0) is 27.1. The third kappa shape index (κ3) is 4.52. The molecule has 10 nitrogen and oxygen atoms in total. The first-order valence-electron chi connectivity index (χ1n) is 13.3. The van der Waals surface area contributed by atoms with Crippen molar-refractivity contribution in [2.24, 2.45) is 7.05 Å². The molecule has 2 N–H and O–H groups in total. The smallest absolute Gasteiger partial charge is 0.150 e. The Morgan fingerprint density at radius 1 is 1.05 bits per heavy atom. The van der Waals surface area contributed by atoms with Gasteiger partial charge in [0.15, 0.2) is 5.65 Å². The van der Waals surface area contributed by atoms with Crippen molar-refractivity contribution in [1.29, 1.82) is 0 Å². The third-order valence-corrected chi connectivity index (χ3v) is 7.39. The standard InChI is InChI=1S/C30H28N8O2/c1-37-9-6-26(36-37)24-16-38(30-28(24)29(31)33-18-34-30)22-12-19(14-32-15-22)17-40-23-4-2-20-3-5-25(35-27(20)13-23)21-7-10-39-11-8-21/h2-6,9,12-16,18,21H,7-8,10-11,17H2,1H3,(H2,31,33,34). The van der Waals surface area contributed by atoms with Crippen LogP contribution in [0.3, 0.4) is 0 Å². The Morgan fingerprint density at radius 2 is 1.93 bits per heavy atom. The molecule has 40 heavy (non-hydrogen) atoms. The van der Waals surface area contributed by atoms with Gasteiger partial charge in [0.2, 0.25) is 0 Å². The summed E-state index contributed by atoms with van der Waals surface area (Å²) in [7, 11) is 1.88. The largest absolute Gasteiger partial charge is 0.489 e. The average Bonchev–Trinajstić information content (AvgIpc) is 3.61. The topological polar surface area (TPSA) is 119 Å². The number of nitrogen functional groups attached to an aromatic ring is 1. The van der Waals surface area contributed by atoms with E-state index >= 15 is 0 Å². The van der Waals surface area contributed by atoms with Gasteiger partial charge in [-0.1, -0.05) is 6.07 Å². The van der Waals surface area contributed by atoms with Crippen LogP contribution in [0.25, 0.3) is 38.9 Å². The maximum Gasteiger partial charge on any atom is 0.150 e. The van der Waals surface area contributed by atoms with E-state index in [4.69, 9.17) is 20.2 Å². The summed E-state index contributed by atoms with van der Waals surface area (Å²) in [6.07, 6.45) is 11.0. The first-order chi connectivity index (χ1) is 19.6. The summed E-state index contributed by atoms with van der Waals surface area (Å²) in [6, 6.07) is 14.3. The van der Waals surface area contributed by atoms with Crippen LogP contribution in [0.4, 0.5) is 5.82 Å². The second-order valence-corrected chi connectivity index (χ2v) is 10.1. The molecule has 200 valence electrons. The lowest BCUT2D eigenvalue weighted by molar-refractivity contribution is 0.0846. The molecule has 0 unspecified atom stereocenters. The Morgan fingerprint density at radius 3 is 2.77 bits per heavy atom. The molecule has 0 saturated carbocycles. The lowest BCUT2D eigenvalue weighted by Crippen LogP contribution is -2.15. The second-order valence-electron chi connectivity index (χ2n) is 10.1. The average molecular weight is 533 g/mol. The van der Waals surface area contributed by atoms with Crippen LogP contribution < -0.4 is 10.5 Å². The molecule has 1 fully saturated rings. The van der Waals surface area contributed by atoms with E-state index in [2.05, 4.69) is 38.2 Å². The fraction of sp³-hybridized carbons (Fsp3) is 0.233. The minimum atomic E-state index is 0.357. The molecule has 6 heterocycles. The molecule has 0 spiro atoms. The zero-order valence-electron chi connectivity index (χ0n) is 22.1. The summed E-state index contributed by atoms with van der Waals surface area (Å²) in [5, 5.41) is 6.41. The third-order valence-electron chi connectivity index (χ3n) is 7.39. The Balaban J connectivity index is 1.16. The SMILES string of the molecule is Cn1ccc(-c2cn(-c3cncc(COc4ccc5ccc(C6CCOCC6)nc5c4)c3)c3ncnc(N)c23)n1. The monoisotopic (exact) mass is 532 g/mol. The molecule has 5 aromatic heterocycles. The van der Waals surface area contributed by atoms with Crippen molar-refractivity contribution in [3.05, 3.63) is 84.8 Å². The lowest BCUT2D eigenvalue weighted by atomic mass is 9.95. The highest BCUT2D eigenvalue weighted by Crippen LogP contribution is 2.33. The molecule has 0 atom stereocenters. The first kappa shape index (κ1) is 24.2. The first-order valence-corrected chi connectivity index (χ1v) is 13.3. The van der Waals surface area contributed by atoms with Crippen molar-refractivity contribution in [3.8, 4) is 22.7 Å². The molecule has 0 bridgehead atoms. The Bertz CT molecular complexity index is 1840. The number of hydrogen-bond acceptors (Lipinski definition) is 8. The molecule has 7 rings (SSSR count). The second kappa shape index (κ2) is 10.0. The minimum absolute atomic E-state index is 0.357. The number of hydrogen-bond donors (Lipinski definition) is 1. The highest BCUT2D eigenvalue weighted by atomic mass is 16.5. The van der Waals surface area contributed by atoms with Gasteiger partial charge >= 0.3 is 0 Å². The van der Waals surface area contributed by atoms with Crippen LogP contribution in [-0.2, 0) is 18.4 Å². The maximum absolute atomic E-state index is 6.28. The van der Waals surface area contributed by atoms with Crippen molar-refractivity contribution < 1.29 is 9.47 Å². The van der Waals surface area contributed by atoms with Crippen LogP contribution in [0.5, 0.6) is 5.75 Å². The van der Waals surface area contributed by atoms with E-state index in [1.54, 1.807) is 17.1 Å². The van der Waals surface area contributed by atoms with Crippen molar-refractivity contribution in [2.75, 3.05) is 18.9 Å². The minimum Gasteiger partial charge on any atom is -0.489 e. The van der Waals surface area contributed by atoms with Gasteiger partial charge in [-0.2, -0.15) is 5.10 Å². The molecule has 1 aromatic carbocycles. The van der Waals surface area contributed by atoms with E-state index in [0.29, 0.717) is 24.0 Å². The summed E-state index contributed by atoms with van der Waals surface area (Å²) in [5.41, 5.74) is 12.4. The molecule has 0 amide bonds. The Hall–Kier alpha value is -4.83. The fourth-order valence-corrected chi connectivity index (χ4v) is 5.31. The zero-order valence-corrected chi connectivity index (χ0v) is 22.1. The molecule has 1 aliphatic rings. The van der Waals surface area contributed by atoms with Crippen LogP contribution in [0.2, 0.25) is 0 Å². The van der Waals surface area contributed by atoms with Crippen LogP contribution in [0.1, 0.15) is 30.0 Å². The van der Waals surface area contributed by atoms with Gasteiger partial charge in [0.1, 0.15) is 24.5 Å². The van der Waals surface area contributed by atoms with Crippen molar-refractivity contribution in [2.45, 2.75) is 25.4 Å². The van der Waals surface area contributed by atoms with E-state index in [9.17, 15) is 0 Å². The quantitative estimate of drug-likeness (QED) is 0.324. The number of anilines is 1. The molecular weight excluding hydrogens is 504 g/mol. The number of rotatable bonds is 6. The molecule has 1 aliphatic heterocycles. The summed E-state index contributed by atoms with van der Waals surface area (Å²) >= 11 is 0. The van der Waals surface area contributed by atoms with Crippen LogP contribution in [-0.4, -0.2) is 47.5 Å². The predicted octanol–water partition coefficient (Wildman–Crippen LogP) is 4.82. The molecule has 0 aliphatic carbocycles. The van der Waals surface area contributed by atoms with E-state index in [1.807, 2.05) is 48.3 Å². The van der Waals surface area contributed by atoms with Crippen LogP contribution in [0.15, 0.2) is 73.6 Å². The number of ether oxygens (including phenoxy) is 2. The number of aromatic nitrogens is 7. The summed E-state index contributed by atoms with van der Waals surface area (Å²) < 4.78 is 15.4. The van der Waals surface area contributed by atoms with Gasteiger partial charge in [-0.25, -0.2) is 9.97 Å². The Kier molecular flexibility index (Phi) is 6.09. The normalized spacial score (nSPS) is 14.2. The van der Waals surface area contributed by atoms with E-state index in [0.717, 1.165) is 76.3 Å². The van der Waals surface area contributed by atoms with Crippen molar-refractivity contribution >= 4 is 27.8 Å². The fourth-order valence-electron chi connectivity index (χ4n) is 5.31. The summed E-state index contributed by atoms with van der Waals surface area (Å²) in [6.45, 7) is 1.95. The molecule has 0 radical (unpaired) electrons. The highest BCUT2D eigenvalue weighted by molar-refractivity contribution is 6.00. The van der Waals surface area contributed by atoms with Gasteiger partial charge in [-0.05, 0) is 43.2 Å². The molecule has 10 heteroatoms. The number of benzene rings is 1. The van der Waals surface area contributed by atoms with Crippen molar-refractivity contribution in [1.82, 2.24) is 34.3 Å². The van der Waals surface area contributed by atoms with E-state index < -0.39 is 0 Å². The number of pyridine rings is 2. The highest BCUT2D eigenvalue weighted by Gasteiger charge is 2.19. The summed E-state index contributed by atoms with van der Waals surface area (Å²) in [4.78, 5) is 18.2. The van der Waals surface area contributed by atoms with Gasteiger partial charge < -0.3 is 15.2 Å². The van der Waals surface area contributed by atoms with Crippen LogP contribution >= 0.6 is 0 Å². The maximum atomic E-state index is 6.28. The van der Waals surface area contributed by atoms with Gasteiger partial charge in [0.05, 0.1) is 28.5 Å². The number of fused-ring (bicyclic) bond motifs is 2. The predicted molar refractivity (Wildman–Crippen MR) is 152 cm³/mol. The molecule has 1 saturated heterocycles. The van der Waals surface area contributed by atoms with Crippen molar-refractivity contribution in [3.63, 3.8) is 0 Å². The number of nitrogens with zero attached hydrogens (tertiary/aromatic N) is 7. The number of nitrogens with two attached hydrogens (primary N) is 1.